The van der Waals surface area contributed by atoms with Crippen LogP contribution in [-0.2, 0) is 19.9 Å². The van der Waals surface area contributed by atoms with E-state index in [1.165, 1.54) is 5.56 Å². The van der Waals surface area contributed by atoms with Crippen LogP contribution < -0.4 is 0 Å². The normalized spacial score (nSPS) is 26.6. The summed E-state index contributed by atoms with van der Waals surface area (Å²) in [6.45, 7) is 6.39. The molecule has 1 aliphatic heterocycles. The summed E-state index contributed by atoms with van der Waals surface area (Å²) in [4.78, 5) is 11.7. The first-order chi connectivity index (χ1) is 8.08. The third kappa shape index (κ3) is 2.34. The molecule has 3 heteroatoms. The van der Waals surface area contributed by atoms with Crippen molar-refractivity contribution in [2.45, 2.75) is 38.9 Å². The van der Waals surface area contributed by atoms with Gasteiger partial charge in [-0.25, -0.2) is 4.79 Å². The van der Waals surface area contributed by atoms with Crippen LogP contribution in [0.5, 0.6) is 0 Å². The molecule has 2 atom stereocenters. The first-order valence-corrected chi connectivity index (χ1v) is 5.99. The van der Waals surface area contributed by atoms with Gasteiger partial charge in [-0.15, -0.1) is 0 Å². The number of ether oxygens (including phenoxy) is 2. The number of esters is 1. The molecule has 1 aromatic carbocycles. The van der Waals surface area contributed by atoms with Crippen LogP contribution in [0.3, 0.4) is 0 Å². The molecule has 0 aromatic heterocycles. The first-order valence-electron chi connectivity index (χ1n) is 5.99. The Hall–Kier alpha value is -1.35. The molecule has 3 nitrogen and oxygen atoms in total. The molecular formula is C14H18O3. The van der Waals surface area contributed by atoms with Crippen molar-refractivity contribution < 1.29 is 14.3 Å². The van der Waals surface area contributed by atoms with Crippen molar-refractivity contribution in [3.63, 3.8) is 0 Å². The van der Waals surface area contributed by atoms with Gasteiger partial charge in [0.2, 0.25) is 0 Å². The molecule has 0 bridgehead atoms. The van der Waals surface area contributed by atoms with Crippen LogP contribution in [0.25, 0.3) is 0 Å². The van der Waals surface area contributed by atoms with Gasteiger partial charge in [-0.1, -0.05) is 36.8 Å². The number of epoxide rings is 1. The molecule has 1 saturated heterocycles. The van der Waals surface area contributed by atoms with Crippen LogP contribution >= 0.6 is 0 Å². The molecular weight excluding hydrogens is 216 g/mol. The van der Waals surface area contributed by atoms with Gasteiger partial charge in [-0.2, -0.15) is 0 Å². The smallest absolute Gasteiger partial charge is 0.338 e. The Balaban J connectivity index is 2.04. The van der Waals surface area contributed by atoms with E-state index < -0.39 is 11.7 Å². The molecule has 1 aromatic rings. The van der Waals surface area contributed by atoms with Gasteiger partial charge < -0.3 is 9.47 Å². The van der Waals surface area contributed by atoms with Crippen LogP contribution in [0, 0.1) is 6.92 Å². The lowest BCUT2D eigenvalue weighted by Gasteiger charge is -2.07. The molecule has 0 radical (unpaired) electrons. The van der Waals surface area contributed by atoms with Gasteiger partial charge in [0.05, 0.1) is 6.61 Å². The minimum absolute atomic E-state index is 0.255. The molecule has 1 fully saturated rings. The zero-order chi connectivity index (χ0) is 12.5. The summed E-state index contributed by atoms with van der Waals surface area (Å²) in [5.74, 6) is -0.255. The zero-order valence-corrected chi connectivity index (χ0v) is 10.5. The van der Waals surface area contributed by atoms with E-state index in [9.17, 15) is 4.79 Å². The topological polar surface area (TPSA) is 38.8 Å². The second kappa shape index (κ2) is 4.49. The number of benzene rings is 1. The highest BCUT2D eigenvalue weighted by Gasteiger charge is 2.59. The highest BCUT2D eigenvalue weighted by Crippen LogP contribution is 2.46. The largest absolute Gasteiger partial charge is 0.464 e. The Morgan fingerprint density at radius 2 is 2.06 bits per heavy atom. The maximum absolute atomic E-state index is 11.7. The molecule has 0 spiro atoms. The van der Waals surface area contributed by atoms with Crippen molar-refractivity contribution in [3.05, 3.63) is 35.4 Å². The predicted octanol–water partition coefficient (Wildman–Crippen LogP) is 2.56. The molecule has 2 rings (SSSR count). The van der Waals surface area contributed by atoms with E-state index in [1.54, 1.807) is 0 Å². The minimum atomic E-state index is -0.501. The van der Waals surface area contributed by atoms with Crippen LogP contribution in [-0.4, -0.2) is 18.7 Å². The fourth-order valence-electron chi connectivity index (χ4n) is 1.87. The van der Waals surface area contributed by atoms with E-state index in [2.05, 4.69) is 0 Å². The molecule has 0 unspecified atom stereocenters. The number of carbonyl (C=O) groups excluding carboxylic acids is 1. The first kappa shape index (κ1) is 12.1. The van der Waals surface area contributed by atoms with E-state index in [-0.39, 0.29) is 5.97 Å². The number of aryl methyl sites for hydroxylation is 1. The fraction of sp³-hybridized carbons (Fsp3) is 0.500. The monoisotopic (exact) mass is 234 g/mol. The van der Waals surface area contributed by atoms with Gasteiger partial charge in [0.15, 0.2) is 6.10 Å². The van der Waals surface area contributed by atoms with Crippen molar-refractivity contribution >= 4 is 5.97 Å². The van der Waals surface area contributed by atoms with Crippen molar-refractivity contribution in [1.82, 2.24) is 0 Å². The Kier molecular flexibility index (Phi) is 3.20. The summed E-state index contributed by atoms with van der Waals surface area (Å²) in [5, 5.41) is 0. The Labute approximate surface area is 102 Å². The Morgan fingerprint density at radius 3 is 2.65 bits per heavy atom. The van der Waals surface area contributed by atoms with E-state index >= 15 is 0 Å². The second-order valence-corrected chi connectivity index (χ2v) is 4.64. The highest BCUT2D eigenvalue weighted by molar-refractivity contribution is 5.79. The van der Waals surface area contributed by atoms with E-state index in [0.717, 1.165) is 12.0 Å². The number of carbonyl (C=O) groups is 1. The fourth-order valence-corrected chi connectivity index (χ4v) is 1.87. The summed E-state index contributed by atoms with van der Waals surface area (Å²) in [6, 6.07) is 8.05. The molecule has 0 N–H and O–H groups in total. The number of hydrogen-bond acceptors (Lipinski definition) is 3. The quantitative estimate of drug-likeness (QED) is 0.593. The average Bonchev–Trinajstić information content (AvgIpc) is 3.01. The molecule has 0 saturated carbocycles. The lowest BCUT2D eigenvalue weighted by atomic mass is 9.96. The maximum atomic E-state index is 11.7. The molecule has 1 heterocycles. The van der Waals surface area contributed by atoms with Crippen LogP contribution in [0.15, 0.2) is 24.3 Å². The number of hydrogen-bond donors (Lipinski definition) is 0. The summed E-state index contributed by atoms with van der Waals surface area (Å²) < 4.78 is 10.6. The molecule has 17 heavy (non-hydrogen) atoms. The Bertz CT molecular complexity index is 410. The zero-order valence-electron chi connectivity index (χ0n) is 10.5. The lowest BCUT2D eigenvalue weighted by Crippen LogP contribution is -2.19. The van der Waals surface area contributed by atoms with Crippen LogP contribution in [0.2, 0.25) is 0 Å². The van der Waals surface area contributed by atoms with Crippen LogP contribution in [0.1, 0.15) is 31.4 Å². The second-order valence-electron chi connectivity index (χ2n) is 4.64. The van der Waals surface area contributed by atoms with Gasteiger partial charge in [0.1, 0.15) is 5.60 Å². The molecule has 0 aliphatic carbocycles. The predicted molar refractivity (Wildman–Crippen MR) is 64.7 cm³/mol. The molecule has 92 valence electrons. The third-order valence-corrected chi connectivity index (χ3v) is 3.09. The van der Waals surface area contributed by atoms with Gasteiger partial charge in [0.25, 0.3) is 0 Å². The van der Waals surface area contributed by atoms with Crippen molar-refractivity contribution in [1.29, 1.82) is 0 Å². The summed E-state index contributed by atoms with van der Waals surface area (Å²) in [7, 11) is 0. The highest BCUT2D eigenvalue weighted by atomic mass is 16.7. The summed E-state index contributed by atoms with van der Waals surface area (Å²) in [5.41, 5.74) is 1.73. The standard InChI is InChI=1S/C14H18O3/c1-4-9-16-13(15)12-14(3,17-12)11-7-5-10(2)6-8-11/h5-8,12H,4,9H2,1-3H3/t12-,14-/m1/s1. The van der Waals surface area contributed by atoms with Crippen molar-refractivity contribution in [3.8, 4) is 0 Å². The van der Waals surface area contributed by atoms with Crippen molar-refractivity contribution in [2.75, 3.05) is 6.61 Å². The average molecular weight is 234 g/mol. The third-order valence-electron chi connectivity index (χ3n) is 3.09. The van der Waals surface area contributed by atoms with Gasteiger partial charge in [-0.3, -0.25) is 0 Å². The van der Waals surface area contributed by atoms with Gasteiger partial charge in [-0.05, 0) is 25.8 Å². The Morgan fingerprint density at radius 1 is 1.41 bits per heavy atom. The van der Waals surface area contributed by atoms with E-state index in [0.29, 0.717) is 6.61 Å². The summed E-state index contributed by atoms with van der Waals surface area (Å²) in [6.07, 6.45) is 0.386. The molecule has 1 aliphatic rings. The van der Waals surface area contributed by atoms with Crippen LogP contribution in [0.4, 0.5) is 0 Å². The van der Waals surface area contributed by atoms with E-state index in [1.807, 2.05) is 45.0 Å². The van der Waals surface area contributed by atoms with E-state index in [4.69, 9.17) is 9.47 Å². The lowest BCUT2D eigenvalue weighted by molar-refractivity contribution is -0.145. The van der Waals surface area contributed by atoms with Gasteiger partial charge in [0, 0.05) is 0 Å². The van der Waals surface area contributed by atoms with Crippen molar-refractivity contribution in [2.24, 2.45) is 0 Å². The minimum Gasteiger partial charge on any atom is -0.464 e. The molecule has 0 amide bonds. The number of rotatable bonds is 4. The SMILES string of the molecule is CCCOC(=O)[C@H]1O[C@]1(C)c1ccc(C)cc1. The summed E-state index contributed by atoms with van der Waals surface area (Å²) >= 11 is 0. The maximum Gasteiger partial charge on any atom is 0.338 e. The van der Waals surface area contributed by atoms with Gasteiger partial charge >= 0.3 is 5.97 Å².